The SMILES string of the molecule is CCCOC(=O)N1CCN(CC2=NS(=O)(=O)c3ccccc3N2)CC1. The number of hydrogen-bond donors (Lipinski definition) is 1. The second-order valence-corrected chi connectivity index (χ2v) is 7.58. The number of carbonyl (C=O) groups is 1. The molecule has 1 fully saturated rings. The van der Waals surface area contributed by atoms with Gasteiger partial charge in [-0.15, -0.1) is 4.40 Å². The van der Waals surface area contributed by atoms with Crippen LogP contribution in [-0.2, 0) is 14.8 Å². The largest absolute Gasteiger partial charge is 0.449 e. The number of ether oxygens (including phenoxy) is 1. The lowest BCUT2D eigenvalue weighted by atomic mass is 10.3. The molecular weight excluding hydrogens is 344 g/mol. The van der Waals surface area contributed by atoms with Crippen LogP contribution < -0.4 is 5.32 Å². The molecule has 0 atom stereocenters. The number of benzene rings is 1. The van der Waals surface area contributed by atoms with Crippen molar-refractivity contribution in [3.05, 3.63) is 24.3 Å². The van der Waals surface area contributed by atoms with Gasteiger partial charge in [0.25, 0.3) is 10.0 Å². The number of amides is 1. The van der Waals surface area contributed by atoms with E-state index in [0.29, 0.717) is 50.9 Å². The fourth-order valence-electron chi connectivity index (χ4n) is 2.82. The maximum absolute atomic E-state index is 12.3. The van der Waals surface area contributed by atoms with Crippen molar-refractivity contribution in [2.45, 2.75) is 18.2 Å². The summed E-state index contributed by atoms with van der Waals surface area (Å²) in [4.78, 5) is 15.8. The van der Waals surface area contributed by atoms with Gasteiger partial charge >= 0.3 is 6.09 Å². The van der Waals surface area contributed by atoms with Gasteiger partial charge in [-0.05, 0) is 18.6 Å². The van der Waals surface area contributed by atoms with Gasteiger partial charge in [0, 0.05) is 26.2 Å². The molecule has 1 N–H and O–H groups in total. The number of nitrogens with zero attached hydrogens (tertiary/aromatic N) is 3. The molecule has 0 aromatic heterocycles. The molecule has 9 heteroatoms. The molecule has 2 heterocycles. The van der Waals surface area contributed by atoms with Crippen LogP contribution in [0, 0.1) is 0 Å². The van der Waals surface area contributed by atoms with E-state index in [0.717, 1.165) is 6.42 Å². The number of hydrogen-bond acceptors (Lipinski definition) is 6. The molecule has 8 nitrogen and oxygen atoms in total. The fourth-order valence-corrected chi connectivity index (χ4v) is 3.96. The normalized spacial score (nSPS) is 19.6. The molecule has 3 rings (SSSR count). The van der Waals surface area contributed by atoms with Crippen LogP contribution in [0.15, 0.2) is 33.6 Å². The molecule has 136 valence electrons. The van der Waals surface area contributed by atoms with Gasteiger partial charge in [0.15, 0.2) is 0 Å². The molecule has 1 amide bonds. The summed E-state index contributed by atoms with van der Waals surface area (Å²) >= 11 is 0. The highest BCUT2D eigenvalue weighted by Crippen LogP contribution is 2.26. The van der Waals surface area contributed by atoms with Gasteiger partial charge in [0.2, 0.25) is 0 Å². The highest BCUT2D eigenvalue weighted by atomic mass is 32.2. The molecular formula is C16H22N4O4S. The summed E-state index contributed by atoms with van der Waals surface area (Å²) in [6.07, 6.45) is 0.513. The van der Waals surface area contributed by atoms with Crippen LogP contribution in [0.2, 0.25) is 0 Å². The smallest absolute Gasteiger partial charge is 0.409 e. The van der Waals surface area contributed by atoms with Crippen molar-refractivity contribution in [2.75, 3.05) is 44.6 Å². The monoisotopic (exact) mass is 366 g/mol. The predicted molar refractivity (Wildman–Crippen MR) is 94.3 cm³/mol. The maximum atomic E-state index is 12.3. The minimum atomic E-state index is -3.66. The molecule has 25 heavy (non-hydrogen) atoms. The third-order valence-corrected chi connectivity index (χ3v) is 5.48. The van der Waals surface area contributed by atoms with Crippen LogP contribution in [0.25, 0.3) is 0 Å². The van der Waals surface area contributed by atoms with Gasteiger partial charge in [0.05, 0.1) is 18.8 Å². The Morgan fingerprint density at radius 3 is 2.68 bits per heavy atom. The molecule has 1 aromatic carbocycles. The van der Waals surface area contributed by atoms with E-state index in [9.17, 15) is 13.2 Å². The van der Waals surface area contributed by atoms with Gasteiger partial charge in [-0.1, -0.05) is 19.1 Å². The summed E-state index contributed by atoms with van der Waals surface area (Å²) in [5.41, 5.74) is 0.550. The van der Waals surface area contributed by atoms with Crippen molar-refractivity contribution in [2.24, 2.45) is 4.40 Å². The number of sulfonamides is 1. The summed E-state index contributed by atoms with van der Waals surface area (Å²) in [5.74, 6) is 0.403. The van der Waals surface area contributed by atoms with Crippen LogP contribution in [0.3, 0.4) is 0 Å². The summed E-state index contributed by atoms with van der Waals surface area (Å²) in [5, 5.41) is 3.09. The number of carbonyl (C=O) groups excluding carboxylic acids is 1. The van der Waals surface area contributed by atoms with E-state index in [1.165, 1.54) is 0 Å². The number of amidine groups is 1. The number of fused-ring (bicyclic) bond motifs is 1. The number of anilines is 1. The number of rotatable bonds is 4. The van der Waals surface area contributed by atoms with E-state index in [1.807, 2.05) is 6.92 Å². The summed E-state index contributed by atoms with van der Waals surface area (Å²) < 4.78 is 33.5. The minimum absolute atomic E-state index is 0.197. The van der Waals surface area contributed by atoms with Crippen molar-refractivity contribution < 1.29 is 17.9 Å². The highest BCUT2D eigenvalue weighted by molar-refractivity contribution is 7.90. The van der Waals surface area contributed by atoms with Gasteiger partial charge < -0.3 is 15.0 Å². The van der Waals surface area contributed by atoms with Gasteiger partial charge in [-0.3, -0.25) is 4.90 Å². The maximum Gasteiger partial charge on any atom is 0.409 e. The first kappa shape index (κ1) is 17.7. The fraction of sp³-hybridized carbons (Fsp3) is 0.500. The lowest BCUT2D eigenvalue weighted by Crippen LogP contribution is -2.50. The molecule has 0 radical (unpaired) electrons. The van der Waals surface area contributed by atoms with Crippen LogP contribution in [0.1, 0.15) is 13.3 Å². The average Bonchev–Trinajstić information content (AvgIpc) is 2.60. The lowest BCUT2D eigenvalue weighted by molar-refractivity contribution is 0.0799. The van der Waals surface area contributed by atoms with Crippen molar-refractivity contribution in [1.29, 1.82) is 0 Å². The van der Waals surface area contributed by atoms with Crippen LogP contribution in [0.5, 0.6) is 0 Å². The molecule has 0 saturated carbocycles. The molecule has 0 unspecified atom stereocenters. The van der Waals surface area contributed by atoms with Crippen molar-refractivity contribution in [1.82, 2.24) is 9.80 Å². The Morgan fingerprint density at radius 2 is 1.96 bits per heavy atom. The molecule has 2 aliphatic rings. The van der Waals surface area contributed by atoms with Crippen LogP contribution in [-0.4, -0.2) is 69.5 Å². The lowest BCUT2D eigenvalue weighted by Gasteiger charge is -2.34. The first-order valence-corrected chi connectivity index (χ1v) is 9.77. The van der Waals surface area contributed by atoms with E-state index in [2.05, 4.69) is 14.6 Å². The standard InChI is InChI=1S/C16H22N4O4S/c1-2-11-24-16(21)20-9-7-19(8-10-20)12-15-17-13-5-3-4-6-14(13)25(22,23)18-15/h3-6H,2,7-12H2,1H3,(H,17,18). The molecule has 0 bridgehead atoms. The van der Waals surface area contributed by atoms with E-state index >= 15 is 0 Å². The quantitative estimate of drug-likeness (QED) is 0.865. The average molecular weight is 366 g/mol. The Balaban J connectivity index is 1.58. The molecule has 0 aliphatic carbocycles. The van der Waals surface area contributed by atoms with Crippen molar-refractivity contribution >= 4 is 27.6 Å². The number of para-hydroxylation sites is 1. The Morgan fingerprint density at radius 1 is 1.24 bits per heavy atom. The van der Waals surface area contributed by atoms with Crippen molar-refractivity contribution in [3.63, 3.8) is 0 Å². The zero-order valence-corrected chi connectivity index (χ0v) is 15.0. The predicted octanol–water partition coefficient (Wildman–Crippen LogP) is 1.36. The summed E-state index contributed by atoms with van der Waals surface area (Å²) in [7, 11) is -3.66. The zero-order valence-electron chi connectivity index (χ0n) is 14.1. The topological polar surface area (TPSA) is 91.3 Å². The third-order valence-electron chi connectivity index (χ3n) is 4.11. The van der Waals surface area contributed by atoms with E-state index in [4.69, 9.17) is 4.74 Å². The van der Waals surface area contributed by atoms with Crippen LogP contribution in [0.4, 0.5) is 10.5 Å². The Hall–Kier alpha value is -2.13. The third kappa shape index (κ3) is 4.10. The van der Waals surface area contributed by atoms with E-state index < -0.39 is 10.0 Å². The first-order valence-electron chi connectivity index (χ1n) is 8.33. The second-order valence-electron chi connectivity index (χ2n) is 6.01. The Bertz CT molecular complexity index is 770. The number of piperazine rings is 1. The Kier molecular flexibility index (Phi) is 5.24. The van der Waals surface area contributed by atoms with E-state index in [-0.39, 0.29) is 11.0 Å². The first-order chi connectivity index (χ1) is 12.0. The second kappa shape index (κ2) is 7.40. The molecule has 1 aromatic rings. The van der Waals surface area contributed by atoms with Gasteiger partial charge in [-0.2, -0.15) is 8.42 Å². The van der Waals surface area contributed by atoms with Gasteiger partial charge in [-0.25, -0.2) is 4.79 Å². The molecule has 0 spiro atoms. The zero-order chi connectivity index (χ0) is 17.9. The Labute approximate surface area is 147 Å². The van der Waals surface area contributed by atoms with Crippen LogP contribution >= 0.6 is 0 Å². The molecule has 2 aliphatic heterocycles. The van der Waals surface area contributed by atoms with Gasteiger partial charge in [0.1, 0.15) is 10.7 Å². The van der Waals surface area contributed by atoms with E-state index in [1.54, 1.807) is 29.2 Å². The summed E-state index contributed by atoms with van der Waals surface area (Å²) in [6.45, 7) is 5.17. The highest BCUT2D eigenvalue weighted by Gasteiger charge is 2.27. The van der Waals surface area contributed by atoms with Crippen molar-refractivity contribution in [3.8, 4) is 0 Å². The molecule has 1 saturated heterocycles. The number of nitrogens with one attached hydrogen (secondary N) is 1. The summed E-state index contributed by atoms with van der Waals surface area (Å²) in [6, 6.07) is 6.72. The minimum Gasteiger partial charge on any atom is -0.449 e.